The van der Waals surface area contributed by atoms with Crippen LogP contribution in [0.25, 0.3) is 11.6 Å². The molecule has 1 aromatic carbocycles. The summed E-state index contributed by atoms with van der Waals surface area (Å²) in [5.41, 5.74) is -4.01. The van der Waals surface area contributed by atoms with Crippen LogP contribution in [-0.4, -0.2) is 20.6 Å². The molecule has 23 heavy (non-hydrogen) atoms. The van der Waals surface area contributed by atoms with Gasteiger partial charge in [0.1, 0.15) is 0 Å². The van der Waals surface area contributed by atoms with Crippen LogP contribution in [0.15, 0.2) is 46.9 Å². The summed E-state index contributed by atoms with van der Waals surface area (Å²) in [4.78, 5) is 42.3. The molecule has 10 nitrogen and oxygen atoms in total. The molecule has 1 aromatic rings. The van der Waals surface area contributed by atoms with Gasteiger partial charge in [-0.25, -0.2) is 0 Å². The number of Topliss-reactive ketones (excluding diaryl/α,β-unsaturated/α-hetero) is 1. The highest BCUT2D eigenvalue weighted by molar-refractivity contribution is 6.15. The van der Waals surface area contributed by atoms with Gasteiger partial charge in [-0.15, -0.1) is 0 Å². The molecular formula is C13H5N3O7. The summed E-state index contributed by atoms with van der Waals surface area (Å²) in [6.45, 7) is 0. The van der Waals surface area contributed by atoms with Gasteiger partial charge in [-0.3, -0.25) is 35.1 Å². The van der Waals surface area contributed by atoms with Crippen molar-refractivity contribution in [2.75, 3.05) is 0 Å². The van der Waals surface area contributed by atoms with Gasteiger partial charge in [-0.05, 0) is 16.5 Å². The second-order valence-corrected chi connectivity index (χ2v) is 4.67. The van der Waals surface area contributed by atoms with Crippen LogP contribution >= 0.6 is 0 Å². The Morgan fingerprint density at radius 1 is 0.783 bits per heavy atom. The van der Waals surface area contributed by atoms with Crippen LogP contribution in [0.2, 0.25) is 0 Å². The van der Waals surface area contributed by atoms with E-state index in [2.05, 4.69) is 0 Å². The van der Waals surface area contributed by atoms with Gasteiger partial charge in [0.15, 0.2) is 0 Å². The van der Waals surface area contributed by atoms with Crippen LogP contribution in [-0.2, 0) is 4.79 Å². The number of hydrogen-bond acceptors (Lipinski definition) is 7. The number of nitro groups is 3. The third-order valence-corrected chi connectivity index (χ3v) is 3.49. The first kappa shape index (κ1) is 14.3. The highest BCUT2D eigenvalue weighted by Crippen LogP contribution is 2.35. The minimum Gasteiger partial charge on any atom is -0.274 e. The van der Waals surface area contributed by atoms with Gasteiger partial charge in [0, 0.05) is 0 Å². The van der Waals surface area contributed by atoms with Crippen LogP contribution in [0.1, 0.15) is 0 Å². The van der Waals surface area contributed by atoms with Gasteiger partial charge in [-0.2, -0.15) is 0 Å². The molecule has 0 radical (unpaired) electrons. The Labute approximate surface area is 125 Å². The Morgan fingerprint density at radius 2 is 1.35 bits per heavy atom. The largest absolute Gasteiger partial charge is 0.400 e. The van der Waals surface area contributed by atoms with E-state index in [1.165, 1.54) is 18.2 Å². The van der Waals surface area contributed by atoms with Crippen molar-refractivity contribution in [3.05, 3.63) is 87.7 Å². The lowest BCUT2D eigenvalue weighted by Gasteiger charge is -2.09. The number of nitrogens with zero attached hydrogens (tertiary/aromatic N) is 3. The first-order valence-electron chi connectivity index (χ1n) is 6.13. The van der Waals surface area contributed by atoms with Crippen molar-refractivity contribution in [3.8, 4) is 0 Å². The Bertz CT molecular complexity index is 1020. The second-order valence-electron chi connectivity index (χ2n) is 4.67. The van der Waals surface area contributed by atoms with E-state index >= 15 is 0 Å². The molecule has 2 aliphatic carbocycles. The molecule has 0 spiro atoms. The SMILES string of the molecule is O=C1C([N+](=O)[O-])=C2C=c3ccccc3=C2C([N+](=O)[O-])=C1[N+](=O)[O-]. The standard InChI is InChI=1S/C13H5N3O7/c17-13-10(14(18)19)8-5-6-3-1-2-4-7(6)9(8)11(15(20)21)12(13)16(22)23/h1-5H. The predicted octanol–water partition coefficient (Wildman–Crippen LogP) is -0.490. The van der Waals surface area contributed by atoms with Crippen LogP contribution in [0.3, 0.4) is 0 Å². The predicted molar refractivity (Wildman–Crippen MR) is 73.6 cm³/mol. The number of benzene rings is 1. The molecule has 0 amide bonds. The summed E-state index contributed by atoms with van der Waals surface area (Å²) >= 11 is 0. The normalized spacial score (nSPS) is 16.0. The lowest BCUT2D eigenvalue weighted by atomic mass is 9.92. The monoisotopic (exact) mass is 315 g/mol. The summed E-state index contributed by atoms with van der Waals surface area (Å²) in [5, 5.41) is 34.2. The molecule has 0 heterocycles. The van der Waals surface area contributed by atoms with E-state index in [1.54, 1.807) is 12.1 Å². The van der Waals surface area contributed by atoms with Gasteiger partial charge in [-0.1, -0.05) is 24.3 Å². The van der Waals surface area contributed by atoms with Crippen LogP contribution in [0.4, 0.5) is 0 Å². The maximum atomic E-state index is 12.1. The van der Waals surface area contributed by atoms with Crippen LogP contribution in [0, 0.1) is 30.3 Å². The van der Waals surface area contributed by atoms with Crippen molar-refractivity contribution in [2.24, 2.45) is 0 Å². The summed E-state index contributed by atoms with van der Waals surface area (Å²) in [5.74, 6) is -1.57. The van der Waals surface area contributed by atoms with Crippen LogP contribution in [0.5, 0.6) is 0 Å². The van der Waals surface area contributed by atoms with Crippen molar-refractivity contribution in [3.63, 3.8) is 0 Å². The van der Waals surface area contributed by atoms with Crippen molar-refractivity contribution in [1.29, 1.82) is 0 Å². The maximum absolute atomic E-state index is 12.1. The molecule has 2 aliphatic rings. The highest BCUT2D eigenvalue weighted by atomic mass is 16.6. The number of carbonyl (C=O) groups is 1. The van der Waals surface area contributed by atoms with E-state index < -0.39 is 37.6 Å². The molecule has 0 N–H and O–H groups in total. The summed E-state index contributed by atoms with van der Waals surface area (Å²) in [7, 11) is 0. The maximum Gasteiger partial charge on any atom is 0.400 e. The quantitative estimate of drug-likeness (QED) is 0.540. The van der Waals surface area contributed by atoms with Gasteiger partial charge in [0.05, 0.1) is 25.9 Å². The molecule has 0 aromatic heterocycles. The van der Waals surface area contributed by atoms with E-state index in [0.29, 0.717) is 5.22 Å². The van der Waals surface area contributed by atoms with Crippen LogP contribution < -0.4 is 10.4 Å². The lowest BCUT2D eigenvalue weighted by molar-refractivity contribution is -0.466. The summed E-state index contributed by atoms with van der Waals surface area (Å²) in [6, 6.07) is 6.13. The fourth-order valence-electron chi connectivity index (χ4n) is 2.65. The van der Waals surface area contributed by atoms with E-state index in [0.717, 1.165) is 0 Å². The molecule has 0 saturated carbocycles. The Kier molecular flexibility index (Phi) is 2.89. The Hall–Kier alpha value is -3.69. The lowest BCUT2D eigenvalue weighted by Crippen LogP contribution is -2.30. The Balaban J connectivity index is 2.58. The fraction of sp³-hybridized carbons (Fsp3) is 0. The van der Waals surface area contributed by atoms with Gasteiger partial charge < -0.3 is 0 Å². The fourth-order valence-corrected chi connectivity index (χ4v) is 2.65. The van der Waals surface area contributed by atoms with E-state index in [9.17, 15) is 35.1 Å². The zero-order chi connectivity index (χ0) is 16.9. The Morgan fingerprint density at radius 3 is 1.91 bits per heavy atom. The van der Waals surface area contributed by atoms with Crippen molar-refractivity contribution in [2.45, 2.75) is 0 Å². The number of fused-ring (bicyclic) bond motifs is 2. The van der Waals surface area contributed by atoms with Crippen molar-refractivity contribution < 1.29 is 19.6 Å². The number of hydrogen-bond donors (Lipinski definition) is 0. The molecule has 0 atom stereocenters. The van der Waals surface area contributed by atoms with Gasteiger partial charge >= 0.3 is 22.9 Å². The minimum atomic E-state index is -1.57. The summed E-state index contributed by atoms with van der Waals surface area (Å²) < 4.78 is 0. The number of ketones is 1. The number of rotatable bonds is 3. The first-order chi connectivity index (χ1) is 10.8. The van der Waals surface area contributed by atoms with Crippen molar-refractivity contribution in [1.82, 2.24) is 0 Å². The molecule has 0 aliphatic heterocycles. The zero-order valence-electron chi connectivity index (χ0n) is 11.1. The number of carbonyl (C=O) groups excluding carboxylic acids is 1. The first-order valence-corrected chi connectivity index (χ1v) is 6.13. The molecule has 3 rings (SSSR count). The molecule has 0 fully saturated rings. The average molecular weight is 315 g/mol. The number of allylic oxidation sites excluding steroid dienone is 1. The minimum absolute atomic E-state index is 0.236. The molecule has 0 unspecified atom stereocenters. The highest BCUT2D eigenvalue weighted by Gasteiger charge is 2.52. The van der Waals surface area contributed by atoms with E-state index in [1.807, 2.05) is 0 Å². The van der Waals surface area contributed by atoms with Gasteiger partial charge in [0.2, 0.25) is 0 Å². The molecule has 0 bridgehead atoms. The topological polar surface area (TPSA) is 146 Å². The van der Waals surface area contributed by atoms with Crippen molar-refractivity contribution >= 4 is 17.4 Å². The third kappa shape index (κ3) is 1.85. The third-order valence-electron chi connectivity index (χ3n) is 3.49. The zero-order valence-corrected chi connectivity index (χ0v) is 11.1. The summed E-state index contributed by atoms with van der Waals surface area (Å²) in [6.07, 6.45) is 1.25. The molecule has 0 saturated heterocycles. The molecule has 114 valence electrons. The molecule has 10 heteroatoms. The van der Waals surface area contributed by atoms with E-state index in [-0.39, 0.29) is 16.4 Å². The average Bonchev–Trinajstić information content (AvgIpc) is 2.83. The second kappa shape index (κ2) is 4.66. The van der Waals surface area contributed by atoms with Gasteiger partial charge in [0.25, 0.3) is 0 Å². The molecular weight excluding hydrogens is 310 g/mol. The van der Waals surface area contributed by atoms with E-state index in [4.69, 9.17) is 0 Å². The smallest absolute Gasteiger partial charge is 0.274 e.